The Labute approximate surface area is 123 Å². The molecular formula is C14H22N2O3S. The summed E-state index contributed by atoms with van der Waals surface area (Å²) in [6.45, 7) is 6.43. The van der Waals surface area contributed by atoms with Crippen molar-refractivity contribution in [3.05, 3.63) is 22.4 Å². The van der Waals surface area contributed by atoms with Crippen LogP contribution >= 0.6 is 11.3 Å². The van der Waals surface area contributed by atoms with Gasteiger partial charge in [-0.05, 0) is 38.6 Å². The van der Waals surface area contributed by atoms with Crippen molar-refractivity contribution < 1.29 is 14.3 Å². The highest BCUT2D eigenvalue weighted by Crippen LogP contribution is 2.08. The number of carbonyl (C=O) groups is 2. The standard InChI is InChI=1S/C14H22N2O3S/c1-14(2,3)19-13(18)15-8-4-7-12(17)16-10-11-6-5-9-20-11/h5-6,9H,4,7-8,10H2,1-3H3,(H,15,18)(H,16,17). The van der Waals surface area contributed by atoms with Gasteiger partial charge in [-0.3, -0.25) is 4.79 Å². The van der Waals surface area contributed by atoms with Gasteiger partial charge in [-0.15, -0.1) is 11.3 Å². The average Bonchev–Trinajstić information content (AvgIpc) is 2.83. The van der Waals surface area contributed by atoms with Crippen LogP contribution in [0.3, 0.4) is 0 Å². The molecule has 1 aromatic rings. The van der Waals surface area contributed by atoms with Crippen LogP contribution in [-0.4, -0.2) is 24.1 Å². The molecule has 0 aliphatic rings. The Morgan fingerprint density at radius 1 is 1.30 bits per heavy atom. The number of hydrogen-bond donors (Lipinski definition) is 2. The van der Waals surface area contributed by atoms with E-state index in [4.69, 9.17) is 4.74 Å². The Morgan fingerprint density at radius 3 is 2.65 bits per heavy atom. The van der Waals surface area contributed by atoms with Gasteiger partial charge in [-0.2, -0.15) is 0 Å². The second kappa shape index (κ2) is 7.89. The summed E-state index contributed by atoms with van der Waals surface area (Å²) in [4.78, 5) is 24.0. The Bertz CT molecular complexity index is 424. The molecule has 1 aromatic heterocycles. The molecule has 0 saturated heterocycles. The van der Waals surface area contributed by atoms with Gasteiger partial charge in [0.25, 0.3) is 0 Å². The Morgan fingerprint density at radius 2 is 2.05 bits per heavy atom. The summed E-state index contributed by atoms with van der Waals surface area (Å²) in [6.07, 6.45) is 0.535. The highest BCUT2D eigenvalue weighted by Gasteiger charge is 2.15. The first-order valence-corrected chi connectivity index (χ1v) is 7.51. The number of rotatable bonds is 6. The van der Waals surface area contributed by atoms with Crippen LogP contribution < -0.4 is 10.6 Å². The van der Waals surface area contributed by atoms with Crippen molar-refractivity contribution in [3.8, 4) is 0 Å². The molecular weight excluding hydrogens is 276 g/mol. The maximum atomic E-state index is 11.6. The molecule has 0 bridgehead atoms. The summed E-state index contributed by atoms with van der Waals surface area (Å²) >= 11 is 1.61. The molecule has 2 amide bonds. The summed E-state index contributed by atoms with van der Waals surface area (Å²) in [7, 11) is 0. The number of amides is 2. The third kappa shape index (κ3) is 7.78. The van der Waals surface area contributed by atoms with E-state index in [-0.39, 0.29) is 5.91 Å². The molecule has 2 N–H and O–H groups in total. The molecule has 112 valence electrons. The molecule has 6 heteroatoms. The van der Waals surface area contributed by atoms with E-state index in [9.17, 15) is 9.59 Å². The maximum absolute atomic E-state index is 11.6. The largest absolute Gasteiger partial charge is 0.444 e. The molecule has 0 aliphatic carbocycles. The summed E-state index contributed by atoms with van der Waals surface area (Å²) in [5, 5.41) is 7.44. The van der Waals surface area contributed by atoms with Gasteiger partial charge in [0.05, 0.1) is 6.54 Å². The van der Waals surface area contributed by atoms with Crippen molar-refractivity contribution in [2.75, 3.05) is 6.54 Å². The van der Waals surface area contributed by atoms with Crippen molar-refractivity contribution in [2.24, 2.45) is 0 Å². The normalized spacial score (nSPS) is 10.9. The minimum atomic E-state index is -0.498. The molecule has 0 radical (unpaired) electrons. The first kappa shape index (κ1) is 16.5. The van der Waals surface area contributed by atoms with Crippen LogP contribution in [0.15, 0.2) is 17.5 Å². The SMILES string of the molecule is CC(C)(C)OC(=O)NCCCC(=O)NCc1cccs1. The van der Waals surface area contributed by atoms with E-state index in [0.29, 0.717) is 25.9 Å². The molecule has 0 spiro atoms. The molecule has 0 saturated carbocycles. The quantitative estimate of drug-likeness (QED) is 0.793. The van der Waals surface area contributed by atoms with Crippen LogP contribution in [0, 0.1) is 0 Å². The third-order valence-electron chi connectivity index (χ3n) is 2.29. The van der Waals surface area contributed by atoms with Crippen molar-refractivity contribution >= 4 is 23.3 Å². The third-order valence-corrected chi connectivity index (χ3v) is 3.17. The second-order valence-corrected chi connectivity index (χ2v) is 6.42. The fourth-order valence-corrected chi connectivity index (χ4v) is 2.09. The number of nitrogens with one attached hydrogen (secondary N) is 2. The predicted molar refractivity (Wildman–Crippen MR) is 79.6 cm³/mol. The summed E-state index contributed by atoms with van der Waals surface area (Å²) in [5.74, 6) is -0.00983. The van der Waals surface area contributed by atoms with Gasteiger partial charge in [0.2, 0.25) is 5.91 Å². The monoisotopic (exact) mass is 298 g/mol. The molecule has 20 heavy (non-hydrogen) atoms. The van der Waals surface area contributed by atoms with Gasteiger partial charge in [-0.25, -0.2) is 4.79 Å². The van der Waals surface area contributed by atoms with Crippen molar-refractivity contribution in [3.63, 3.8) is 0 Å². The summed E-state index contributed by atoms with van der Waals surface area (Å²) in [6, 6.07) is 3.94. The van der Waals surface area contributed by atoms with Gasteiger partial charge >= 0.3 is 6.09 Å². The smallest absolute Gasteiger partial charge is 0.407 e. The molecule has 0 aromatic carbocycles. The Kier molecular flexibility index (Phi) is 6.51. The number of ether oxygens (including phenoxy) is 1. The van der Waals surface area contributed by atoms with E-state index in [1.54, 1.807) is 11.3 Å². The zero-order valence-corrected chi connectivity index (χ0v) is 13.0. The minimum Gasteiger partial charge on any atom is -0.444 e. The van der Waals surface area contributed by atoms with E-state index in [0.717, 1.165) is 4.88 Å². The predicted octanol–water partition coefficient (Wildman–Crippen LogP) is 2.67. The number of hydrogen-bond acceptors (Lipinski definition) is 4. The number of alkyl carbamates (subject to hydrolysis) is 1. The lowest BCUT2D eigenvalue weighted by Gasteiger charge is -2.19. The topological polar surface area (TPSA) is 67.4 Å². The fraction of sp³-hybridized carbons (Fsp3) is 0.571. The lowest BCUT2D eigenvalue weighted by atomic mass is 10.2. The van der Waals surface area contributed by atoms with Gasteiger partial charge in [0.1, 0.15) is 5.60 Å². The highest BCUT2D eigenvalue weighted by molar-refractivity contribution is 7.09. The van der Waals surface area contributed by atoms with Crippen molar-refractivity contribution in [2.45, 2.75) is 45.8 Å². The Balaban J connectivity index is 2.06. The molecule has 0 unspecified atom stereocenters. The number of thiophene rings is 1. The first-order valence-electron chi connectivity index (χ1n) is 6.63. The lowest BCUT2D eigenvalue weighted by molar-refractivity contribution is -0.121. The molecule has 1 rings (SSSR count). The maximum Gasteiger partial charge on any atom is 0.407 e. The zero-order valence-electron chi connectivity index (χ0n) is 12.2. The van der Waals surface area contributed by atoms with Crippen LogP contribution in [0.25, 0.3) is 0 Å². The van der Waals surface area contributed by atoms with Gasteiger partial charge < -0.3 is 15.4 Å². The van der Waals surface area contributed by atoms with Gasteiger partial charge in [0, 0.05) is 17.8 Å². The van der Waals surface area contributed by atoms with Crippen LogP contribution in [0.5, 0.6) is 0 Å². The molecule has 1 heterocycles. The number of carbonyl (C=O) groups excluding carboxylic acids is 2. The van der Waals surface area contributed by atoms with Crippen LogP contribution in [-0.2, 0) is 16.1 Å². The van der Waals surface area contributed by atoms with E-state index in [1.807, 2.05) is 38.3 Å². The van der Waals surface area contributed by atoms with Crippen molar-refractivity contribution in [1.82, 2.24) is 10.6 Å². The zero-order chi connectivity index (χ0) is 15.0. The molecule has 0 atom stereocenters. The van der Waals surface area contributed by atoms with E-state index in [2.05, 4.69) is 10.6 Å². The fourth-order valence-electron chi connectivity index (χ4n) is 1.44. The first-order chi connectivity index (χ1) is 9.37. The van der Waals surface area contributed by atoms with Crippen LogP contribution in [0.4, 0.5) is 4.79 Å². The van der Waals surface area contributed by atoms with E-state index in [1.165, 1.54) is 0 Å². The molecule has 0 fully saturated rings. The van der Waals surface area contributed by atoms with E-state index >= 15 is 0 Å². The van der Waals surface area contributed by atoms with Crippen LogP contribution in [0.1, 0.15) is 38.5 Å². The summed E-state index contributed by atoms with van der Waals surface area (Å²) in [5.41, 5.74) is -0.498. The van der Waals surface area contributed by atoms with Crippen LogP contribution in [0.2, 0.25) is 0 Å². The second-order valence-electron chi connectivity index (χ2n) is 5.39. The van der Waals surface area contributed by atoms with Crippen molar-refractivity contribution in [1.29, 1.82) is 0 Å². The lowest BCUT2D eigenvalue weighted by Crippen LogP contribution is -2.33. The van der Waals surface area contributed by atoms with E-state index < -0.39 is 11.7 Å². The van der Waals surface area contributed by atoms with Gasteiger partial charge in [0.15, 0.2) is 0 Å². The average molecular weight is 298 g/mol. The minimum absolute atomic E-state index is 0.00983. The Hall–Kier alpha value is -1.56. The molecule has 0 aliphatic heterocycles. The van der Waals surface area contributed by atoms with Gasteiger partial charge in [-0.1, -0.05) is 6.07 Å². The highest BCUT2D eigenvalue weighted by atomic mass is 32.1. The molecule has 5 nitrogen and oxygen atoms in total. The summed E-state index contributed by atoms with van der Waals surface area (Å²) < 4.78 is 5.09.